The van der Waals surface area contributed by atoms with Gasteiger partial charge in [-0.3, -0.25) is 11.3 Å². The number of nitrogens with one attached hydrogen (secondary N) is 1. The zero-order chi connectivity index (χ0) is 11.6. The Kier molecular flexibility index (Phi) is 4.35. The minimum Gasteiger partial charge on any atom is -0.271 e. The molecule has 0 aliphatic heterocycles. The molecule has 0 aliphatic rings. The molecule has 2 nitrogen and oxygen atoms in total. The van der Waals surface area contributed by atoms with Crippen LogP contribution in [0.5, 0.6) is 0 Å². The van der Waals surface area contributed by atoms with E-state index in [1.54, 1.807) is 0 Å². The summed E-state index contributed by atoms with van der Waals surface area (Å²) in [6.07, 6.45) is 0. The second kappa shape index (κ2) is 4.95. The van der Waals surface area contributed by atoms with Gasteiger partial charge in [0.25, 0.3) is 0 Å². The number of halogens is 2. The standard InChI is InChI=1S/C11H16Br2N2/c1-11(2,3)10(15-14)8-5-4-7(12)6-9(8)13/h4-6,10,15H,14H2,1-3H3. The molecule has 1 aromatic carbocycles. The topological polar surface area (TPSA) is 38.0 Å². The van der Waals surface area contributed by atoms with Crippen molar-refractivity contribution in [3.8, 4) is 0 Å². The summed E-state index contributed by atoms with van der Waals surface area (Å²) >= 11 is 6.99. The van der Waals surface area contributed by atoms with Gasteiger partial charge < -0.3 is 0 Å². The lowest BCUT2D eigenvalue weighted by Crippen LogP contribution is -2.37. The highest BCUT2D eigenvalue weighted by Gasteiger charge is 2.26. The van der Waals surface area contributed by atoms with Crippen LogP contribution in [0.25, 0.3) is 0 Å². The van der Waals surface area contributed by atoms with E-state index >= 15 is 0 Å². The summed E-state index contributed by atoms with van der Waals surface area (Å²) in [5, 5.41) is 0. The third-order valence-electron chi connectivity index (χ3n) is 2.31. The number of benzene rings is 1. The number of nitrogens with two attached hydrogens (primary N) is 1. The maximum absolute atomic E-state index is 5.62. The van der Waals surface area contributed by atoms with E-state index < -0.39 is 0 Å². The summed E-state index contributed by atoms with van der Waals surface area (Å²) in [5.74, 6) is 5.62. The monoisotopic (exact) mass is 334 g/mol. The first-order valence-corrected chi connectivity index (χ1v) is 6.36. The Balaban J connectivity index is 3.13. The van der Waals surface area contributed by atoms with Crippen molar-refractivity contribution < 1.29 is 0 Å². The number of rotatable bonds is 2. The Hall–Kier alpha value is 0.1000. The van der Waals surface area contributed by atoms with Crippen molar-refractivity contribution in [1.82, 2.24) is 5.43 Å². The van der Waals surface area contributed by atoms with E-state index in [1.165, 1.54) is 5.56 Å². The summed E-state index contributed by atoms with van der Waals surface area (Å²) in [5.41, 5.74) is 4.12. The molecule has 3 N–H and O–H groups in total. The molecule has 1 aromatic rings. The molecule has 0 heterocycles. The Labute approximate surface area is 108 Å². The van der Waals surface area contributed by atoms with Crippen molar-refractivity contribution in [3.05, 3.63) is 32.7 Å². The van der Waals surface area contributed by atoms with Gasteiger partial charge in [0.1, 0.15) is 0 Å². The summed E-state index contributed by atoms with van der Waals surface area (Å²) < 4.78 is 2.12. The van der Waals surface area contributed by atoms with Crippen molar-refractivity contribution in [2.24, 2.45) is 11.3 Å². The Morgan fingerprint density at radius 2 is 1.87 bits per heavy atom. The van der Waals surface area contributed by atoms with E-state index in [4.69, 9.17) is 5.84 Å². The smallest absolute Gasteiger partial charge is 0.0519 e. The second-order valence-electron chi connectivity index (χ2n) is 4.63. The first-order chi connectivity index (χ1) is 6.86. The molecule has 0 spiro atoms. The number of hydrogen-bond donors (Lipinski definition) is 2. The SMILES string of the molecule is CC(C)(C)C(NN)c1ccc(Br)cc1Br. The molecule has 4 heteroatoms. The van der Waals surface area contributed by atoms with Gasteiger partial charge in [-0.2, -0.15) is 0 Å². The second-order valence-corrected chi connectivity index (χ2v) is 6.40. The zero-order valence-electron chi connectivity index (χ0n) is 9.14. The highest BCUT2D eigenvalue weighted by molar-refractivity contribution is 9.11. The number of hydrazine groups is 1. The van der Waals surface area contributed by atoms with Gasteiger partial charge in [0, 0.05) is 8.95 Å². The third-order valence-corrected chi connectivity index (χ3v) is 3.49. The largest absolute Gasteiger partial charge is 0.271 e. The van der Waals surface area contributed by atoms with Crippen LogP contribution >= 0.6 is 31.9 Å². The van der Waals surface area contributed by atoms with E-state index in [9.17, 15) is 0 Å². The minimum atomic E-state index is 0.0745. The first kappa shape index (κ1) is 13.2. The molecule has 84 valence electrons. The van der Waals surface area contributed by atoms with Crippen LogP contribution < -0.4 is 11.3 Å². The fraction of sp³-hybridized carbons (Fsp3) is 0.455. The molecular weight excluding hydrogens is 320 g/mol. The number of hydrogen-bond acceptors (Lipinski definition) is 2. The summed E-state index contributed by atoms with van der Waals surface area (Å²) in [6, 6.07) is 6.26. The van der Waals surface area contributed by atoms with Crippen molar-refractivity contribution in [1.29, 1.82) is 0 Å². The molecule has 0 aliphatic carbocycles. The molecule has 0 amide bonds. The van der Waals surface area contributed by atoms with Gasteiger partial charge in [-0.15, -0.1) is 0 Å². The average Bonchev–Trinajstić information content (AvgIpc) is 2.07. The summed E-state index contributed by atoms with van der Waals surface area (Å²) in [7, 11) is 0. The molecule has 0 bridgehead atoms. The molecule has 0 aromatic heterocycles. The quantitative estimate of drug-likeness (QED) is 0.638. The lowest BCUT2D eigenvalue weighted by molar-refractivity contribution is 0.275. The van der Waals surface area contributed by atoms with E-state index in [1.807, 2.05) is 12.1 Å². The van der Waals surface area contributed by atoms with E-state index in [0.29, 0.717) is 0 Å². The van der Waals surface area contributed by atoms with Crippen LogP contribution in [0.2, 0.25) is 0 Å². The van der Waals surface area contributed by atoms with E-state index in [-0.39, 0.29) is 11.5 Å². The van der Waals surface area contributed by atoms with Crippen molar-refractivity contribution in [2.75, 3.05) is 0 Å². The molecule has 1 unspecified atom stereocenters. The van der Waals surface area contributed by atoms with Crippen LogP contribution in [0, 0.1) is 5.41 Å². The molecular formula is C11H16Br2N2. The predicted octanol–water partition coefficient (Wildman–Crippen LogP) is 3.76. The van der Waals surface area contributed by atoms with Crippen molar-refractivity contribution in [2.45, 2.75) is 26.8 Å². The fourth-order valence-electron chi connectivity index (χ4n) is 1.54. The summed E-state index contributed by atoms with van der Waals surface area (Å²) in [6.45, 7) is 6.48. The molecule has 0 saturated heterocycles. The highest BCUT2D eigenvalue weighted by Crippen LogP contribution is 2.36. The van der Waals surface area contributed by atoms with Crippen LogP contribution in [0.4, 0.5) is 0 Å². The van der Waals surface area contributed by atoms with E-state index in [2.05, 4.69) is 64.1 Å². The molecule has 1 atom stereocenters. The minimum absolute atomic E-state index is 0.0745. The molecule has 15 heavy (non-hydrogen) atoms. The van der Waals surface area contributed by atoms with Crippen LogP contribution in [0.3, 0.4) is 0 Å². The van der Waals surface area contributed by atoms with Gasteiger partial charge in [-0.05, 0) is 23.1 Å². The van der Waals surface area contributed by atoms with Crippen molar-refractivity contribution >= 4 is 31.9 Å². The van der Waals surface area contributed by atoms with Crippen LogP contribution in [0.1, 0.15) is 32.4 Å². The molecule has 0 radical (unpaired) electrons. The lowest BCUT2D eigenvalue weighted by Gasteiger charge is -2.31. The van der Waals surface area contributed by atoms with Crippen molar-refractivity contribution in [3.63, 3.8) is 0 Å². The van der Waals surface area contributed by atoms with Gasteiger partial charge in [0.05, 0.1) is 6.04 Å². The van der Waals surface area contributed by atoms with Gasteiger partial charge in [-0.1, -0.05) is 58.7 Å². The van der Waals surface area contributed by atoms with Crippen LogP contribution in [-0.4, -0.2) is 0 Å². The third kappa shape index (κ3) is 3.28. The van der Waals surface area contributed by atoms with Crippen LogP contribution in [0.15, 0.2) is 27.1 Å². The maximum Gasteiger partial charge on any atom is 0.0519 e. The predicted molar refractivity (Wildman–Crippen MR) is 71.4 cm³/mol. The molecule has 0 saturated carbocycles. The zero-order valence-corrected chi connectivity index (χ0v) is 12.3. The van der Waals surface area contributed by atoms with Gasteiger partial charge in [-0.25, -0.2) is 0 Å². The lowest BCUT2D eigenvalue weighted by atomic mass is 9.83. The maximum atomic E-state index is 5.62. The Morgan fingerprint density at radius 1 is 1.27 bits per heavy atom. The Morgan fingerprint density at radius 3 is 2.27 bits per heavy atom. The average molecular weight is 336 g/mol. The molecule has 0 fully saturated rings. The highest BCUT2D eigenvalue weighted by atomic mass is 79.9. The normalized spacial score (nSPS) is 14.0. The summed E-state index contributed by atoms with van der Waals surface area (Å²) in [4.78, 5) is 0. The van der Waals surface area contributed by atoms with Gasteiger partial charge >= 0.3 is 0 Å². The van der Waals surface area contributed by atoms with Gasteiger partial charge in [0.15, 0.2) is 0 Å². The Bertz CT molecular complexity index is 345. The first-order valence-electron chi connectivity index (χ1n) is 4.77. The van der Waals surface area contributed by atoms with Gasteiger partial charge in [0.2, 0.25) is 0 Å². The molecule has 1 rings (SSSR count). The van der Waals surface area contributed by atoms with E-state index in [0.717, 1.165) is 8.95 Å². The fourth-order valence-corrected chi connectivity index (χ4v) is 2.82. The van der Waals surface area contributed by atoms with Crippen LogP contribution in [-0.2, 0) is 0 Å².